The summed E-state index contributed by atoms with van der Waals surface area (Å²) in [6.45, 7) is 2.47. The first-order valence-electron chi connectivity index (χ1n) is 5.23. The van der Waals surface area contributed by atoms with Crippen LogP contribution < -0.4 is 5.32 Å². The predicted octanol–water partition coefficient (Wildman–Crippen LogP) is 1.16. The van der Waals surface area contributed by atoms with Gasteiger partial charge in [0.05, 0.1) is 6.20 Å². The van der Waals surface area contributed by atoms with Crippen LogP contribution in [-0.2, 0) is 0 Å². The van der Waals surface area contributed by atoms with E-state index in [1.807, 2.05) is 6.92 Å². The summed E-state index contributed by atoms with van der Waals surface area (Å²) in [5, 5.41) is 11.6. The zero-order chi connectivity index (χ0) is 12.8. The SMILES string of the molecule is Cc1nnc(SCCNC(=O)c2cnccn2)s1. The highest BCUT2D eigenvalue weighted by Gasteiger charge is 2.06. The quantitative estimate of drug-likeness (QED) is 0.654. The summed E-state index contributed by atoms with van der Waals surface area (Å²) in [7, 11) is 0. The molecule has 0 aliphatic rings. The van der Waals surface area contributed by atoms with Gasteiger partial charge in [0.25, 0.3) is 5.91 Å². The van der Waals surface area contributed by atoms with Crippen LogP contribution >= 0.6 is 23.1 Å². The minimum Gasteiger partial charge on any atom is -0.350 e. The van der Waals surface area contributed by atoms with Crippen LogP contribution in [-0.4, -0.2) is 38.4 Å². The lowest BCUT2D eigenvalue weighted by atomic mass is 10.4. The molecule has 0 saturated carbocycles. The Morgan fingerprint density at radius 3 is 3.00 bits per heavy atom. The first-order valence-corrected chi connectivity index (χ1v) is 7.03. The van der Waals surface area contributed by atoms with Crippen molar-refractivity contribution in [3.05, 3.63) is 29.3 Å². The summed E-state index contributed by atoms with van der Waals surface area (Å²) < 4.78 is 0.918. The summed E-state index contributed by atoms with van der Waals surface area (Å²) in [6.07, 6.45) is 4.47. The summed E-state index contributed by atoms with van der Waals surface area (Å²) in [6, 6.07) is 0. The van der Waals surface area contributed by atoms with Gasteiger partial charge in [0.15, 0.2) is 4.34 Å². The van der Waals surface area contributed by atoms with E-state index in [-0.39, 0.29) is 5.91 Å². The second kappa shape index (κ2) is 6.41. The molecule has 0 bridgehead atoms. The van der Waals surface area contributed by atoms with E-state index in [2.05, 4.69) is 25.5 Å². The van der Waals surface area contributed by atoms with Gasteiger partial charge < -0.3 is 5.32 Å². The number of rotatable bonds is 5. The van der Waals surface area contributed by atoms with Crippen molar-refractivity contribution >= 4 is 29.0 Å². The summed E-state index contributed by atoms with van der Waals surface area (Å²) in [5.41, 5.74) is 0.328. The monoisotopic (exact) mass is 281 g/mol. The summed E-state index contributed by atoms with van der Waals surface area (Å²) in [4.78, 5) is 19.4. The molecule has 8 heteroatoms. The highest BCUT2D eigenvalue weighted by Crippen LogP contribution is 2.20. The third-order valence-electron chi connectivity index (χ3n) is 1.92. The lowest BCUT2D eigenvalue weighted by molar-refractivity contribution is 0.0951. The van der Waals surface area contributed by atoms with Crippen LogP contribution in [0.2, 0.25) is 0 Å². The molecule has 0 spiro atoms. The number of nitrogens with one attached hydrogen (secondary N) is 1. The zero-order valence-electron chi connectivity index (χ0n) is 9.66. The molecule has 0 fully saturated rings. The second-order valence-electron chi connectivity index (χ2n) is 3.28. The van der Waals surface area contributed by atoms with E-state index in [0.717, 1.165) is 15.1 Å². The van der Waals surface area contributed by atoms with E-state index in [1.165, 1.54) is 18.6 Å². The standard InChI is InChI=1S/C10H11N5OS2/c1-7-14-15-10(18-7)17-5-4-13-9(16)8-6-11-2-3-12-8/h2-3,6H,4-5H2,1H3,(H,13,16). The Kier molecular flexibility index (Phi) is 4.59. The zero-order valence-corrected chi connectivity index (χ0v) is 11.3. The molecule has 94 valence electrons. The van der Waals surface area contributed by atoms with Crippen LogP contribution in [0, 0.1) is 6.92 Å². The Morgan fingerprint density at radius 2 is 2.33 bits per heavy atom. The number of amides is 1. The molecule has 1 amide bonds. The highest BCUT2D eigenvalue weighted by molar-refractivity contribution is 8.01. The van der Waals surface area contributed by atoms with Crippen molar-refractivity contribution in [2.24, 2.45) is 0 Å². The third kappa shape index (κ3) is 3.74. The van der Waals surface area contributed by atoms with E-state index in [4.69, 9.17) is 0 Å². The minimum absolute atomic E-state index is 0.211. The topological polar surface area (TPSA) is 80.7 Å². The molecular formula is C10H11N5OS2. The predicted molar refractivity (Wildman–Crippen MR) is 69.7 cm³/mol. The van der Waals surface area contributed by atoms with E-state index in [9.17, 15) is 4.79 Å². The molecule has 2 aromatic heterocycles. The normalized spacial score (nSPS) is 10.3. The van der Waals surface area contributed by atoms with Crippen molar-refractivity contribution < 1.29 is 4.79 Å². The largest absolute Gasteiger partial charge is 0.350 e. The Labute approximate surface area is 112 Å². The number of carbonyl (C=O) groups excluding carboxylic acids is 1. The van der Waals surface area contributed by atoms with Gasteiger partial charge in [0.1, 0.15) is 10.7 Å². The van der Waals surface area contributed by atoms with Crippen LogP contribution in [0.3, 0.4) is 0 Å². The molecule has 18 heavy (non-hydrogen) atoms. The lowest BCUT2D eigenvalue weighted by Crippen LogP contribution is -2.26. The molecular weight excluding hydrogens is 270 g/mol. The van der Waals surface area contributed by atoms with Crippen molar-refractivity contribution in [1.82, 2.24) is 25.5 Å². The number of carbonyl (C=O) groups is 1. The Morgan fingerprint density at radius 1 is 1.44 bits per heavy atom. The average Bonchev–Trinajstić information content (AvgIpc) is 2.81. The molecule has 1 N–H and O–H groups in total. The van der Waals surface area contributed by atoms with Gasteiger partial charge in [-0.1, -0.05) is 23.1 Å². The van der Waals surface area contributed by atoms with Gasteiger partial charge in [-0.25, -0.2) is 4.98 Å². The van der Waals surface area contributed by atoms with Gasteiger partial charge in [-0.3, -0.25) is 9.78 Å². The van der Waals surface area contributed by atoms with Gasteiger partial charge in [-0.05, 0) is 6.92 Å². The molecule has 2 aromatic rings. The van der Waals surface area contributed by atoms with Crippen LogP contribution in [0.4, 0.5) is 0 Å². The maximum absolute atomic E-state index is 11.6. The average molecular weight is 281 g/mol. The van der Waals surface area contributed by atoms with Crippen molar-refractivity contribution in [2.45, 2.75) is 11.3 Å². The molecule has 0 aromatic carbocycles. The van der Waals surface area contributed by atoms with Crippen molar-refractivity contribution in [3.8, 4) is 0 Å². The maximum Gasteiger partial charge on any atom is 0.271 e. The number of hydrogen-bond donors (Lipinski definition) is 1. The number of nitrogens with zero attached hydrogens (tertiary/aromatic N) is 4. The number of thioether (sulfide) groups is 1. The fraction of sp³-hybridized carbons (Fsp3) is 0.300. The molecule has 0 radical (unpaired) electrons. The lowest BCUT2D eigenvalue weighted by Gasteiger charge is -2.02. The first kappa shape index (κ1) is 12.9. The molecule has 0 aliphatic carbocycles. The van der Waals surface area contributed by atoms with E-state index < -0.39 is 0 Å². The van der Waals surface area contributed by atoms with Crippen LogP contribution in [0.1, 0.15) is 15.5 Å². The smallest absolute Gasteiger partial charge is 0.271 e. The highest BCUT2D eigenvalue weighted by atomic mass is 32.2. The van der Waals surface area contributed by atoms with Gasteiger partial charge in [0.2, 0.25) is 0 Å². The summed E-state index contributed by atoms with van der Waals surface area (Å²) in [5.74, 6) is 0.540. The first-order chi connectivity index (χ1) is 8.75. The second-order valence-corrected chi connectivity index (χ2v) is 5.81. The molecule has 0 saturated heterocycles. The number of hydrogen-bond acceptors (Lipinski definition) is 7. The number of aryl methyl sites for hydroxylation is 1. The Bertz CT molecular complexity index is 516. The molecule has 0 aliphatic heterocycles. The Balaban J connectivity index is 1.71. The van der Waals surface area contributed by atoms with Gasteiger partial charge in [0, 0.05) is 24.7 Å². The van der Waals surface area contributed by atoms with Gasteiger partial charge in [-0.15, -0.1) is 10.2 Å². The maximum atomic E-state index is 11.6. The third-order valence-corrected chi connectivity index (χ3v) is 3.89. The van der Waals surface area contributed by atoms with Gasteiger partial charge >= 0.3 is 0 Å². The van der Waals surface area contributed by atoms with Gasteiger partial charge in [-0.2, -0.15) is 0 Å². The van der Waals surface area contributed by atoms with Crippen LogP contribution in [0.25, 0.3) is 0 Å². The van der Waals surface area contributed by atoms with Crippen LogP contribution in [0.5, 0.6) is 0 Å². The summed E-state index contributed by atoms with van der Waals surface area (Å²) >= 11 is 3.12. The molecule has 0 unspecified atom stereocenters. The van der Waals surface area contributed by atoms with Crippen molar-refractivity contribution in [2.75, 3.05) is 12.3 Å². The minimum atomic E-state index is -0.211. The fourth-order valence-corrected chi connectivity index (χ4v) is 2.89. The van der Waals surface area contributed by atoms with E-state index in [0.29, 0.717) is 12.2 Å². The fourth-order valence-electron chi connectivity index (χ4n) is 1.15. The number of aromatic nitrogens is 4. The Hall–Kier alpha value is -1.54. The molecule has 2 rings (SSSR count). The van der Waals surface area contributed by atoms with Crippen molar-refractivity contribution in [1.29, 1.82) is 0 Å². The van der Waals surface area contributed by atoms with E-state index >= 15 is 0 Å². The van der Waals surface area contributed by atoms with Crippen molar-refractivity contribution in [3.63, 3.8) is 0 Å². The van der Waals surface area contributed by atoms with E-state index in [1.54, 1.807) is 23.1 Å². The molecule has 6 nitrogen and oxygen atoms in total. The molecule has 2 heterocycles. The molecule has 0 atom stereocenters. The van der Waals surface area contributed by atoms with Crippen LogP contribution in [0.15, 0.2) is 22.9 Å².